The highest BCUT2D eigenvalue weighted by molar-refractivity contribution is 5.14. The van der Waals surface area contributed by atoms with Gasteiger partial charge in [0.2, 0.25) is 0 Å². The van der Waals surface area contributed by atoms with E-state index in [4.69, 9.17) is 9.47 Å². The molecule has 2 nitrogen and oxygen atoms in total. The van der Waals surface area contributed by atoms with Crippen molar-refractivity contribution in [1.29, 1.82) is 0 Å². The summed E-state index contributed by atoms with van der Waals surface area (Å²) in [4.78, 5) is 0. The van der Waals surface area contributed by atoms with Gasteiger partial charge in [-0.15, -0.1) is 6.58 Å². The lowest BCUT2D eigenvalue weighted by molar-refractivity contribution is -0.00729. The van der Waals surface area contributed by atoms with Crippen molar-refractivity contribution in [3.63, 3.8) is 0 Å². The predicted molar refractivity (Wildman–Crippen MR) is 109 cm³/mol. The van der Waals surface area contributed by atoms with Crippen molar-refractivity contribution in [3.8, 4) is 0 Å². The van der Waals surface area contributed by atoms with Crippen LogP contribution < -0.4 is 0 Å². The summed E-state index contributed by atoms with van der Waals surface area (Å²) in [5.74, 6) is 3.34. The van der Waals surface area contributed by atoms with Crippen LogP contribution in [0.1, 0.15) is 24.0 Å². The molecule has 2 saturated carbocycles. The minimum Gasteiger partial charge on any atom is -0.376 e. The van der Waals surface area contributed by atoms with Gasteiger partial charge in [-0.3, -0.25) is 0 Å². The largest absolute Gasteiger partial charge is 0.376 e. The van der Waals surface area contributed by atoms with Gasteiger partial charge in [-0.05, 0) is 53.6 Å². The van der Waals surface area contributed by atoms with Crippen LogP contribution in [0.2, 0.25) is 0 Å². The highest BCUT2D eigenvalue weighted by atomic mass is 16.5. The first-order valence-electron chi connectivity index (χ1n) is 10.2. The van der Waals surface area contributed by atoms with Gasteiger partial charge in [-0.1, -0.05) is 66.7 Å². The van der Waals surface area contributed by atoms with Crippen LogP contribution in [0.25, 0.3) is 0 Å². The topological polar surface area (TPSA) is 18.5 Å². The van der Waals surface area contributed by atoms with Crippen LogP contribution in [-0.2, 0) is 22.7 Å². The second-order valence-electron chi connectivity index (χ2n) is 8.12. The Balaban J connectivity index is 1.33. The molecule has 2 aromatic carbocycles. The number of allylic oxidation sites excluding steroid dienone is 1. The van der Waals surface area contributed by atoms with Gasteiger partial charge in [0, 0.05) is 0 Å². The Labute approximate surface area is 163 Å². The monoisotopic (exact) mass is 362 g/mol. The summed E-state index contributed by atoms with van der Waals surface area (Å²) >= 11 is 0. The van der Waals surface area contributed by atoms with Crippen molar-refractivity contribution in [1.82, 2.24) is 0 Å². The maximum absolute atomic E-state index is 6.15. The lowest BCUT2D eigenvalue weighted by Gasteiger charge is -2.34. The van der Waals surface area contributed by atoms with Crippen LogP contribution in [0.3, 0.4) is 0 Å². The zero-order chi connectivity index (χ0) is 18.5. The van der Waals surface area contributed by atoms with Gasteiger partial charge in [-0.25, -0.2) is 0 Å². The van der Waals surface area contributed by atoms with Crippen LogP contribution in [0.4, 0.5) is 0 Å². The molecule has 0 aliphatic heterocycles. The average Bonchev–Trinajstić information content (AvgIpc) is 3.28. The molecule has 5 atom stereocenters. The van der Waals surface area contributed by atoms with Crippen LogP contribution in [0.15, 0.2) is 73.3 Å². The van der Waals surface area contributed by atoms with E-state index in [1.54, 1.807) is 0 Å². The summed E-state index contributed by atoms with van der Waals surface area (Å²) in [7, 11) is 0. The molecule has 0 heterocycles. The van der Waals surface area contributed by atoms with E-state index in [1.165, 1.54) is 24.0 Å². The molecule has 2 bridgehead atoms. The van der Waals surface area contributed by atoms with Crippen LogP contribution in [0.5, 0.6) is 0 Å². The number of ether oxygens (including phenoxy) is 2. The van der Waals surface area contributed by atoms with E-state index in [9.17, 15) is 0 Å². The number of benzene rings is 2. The lowest BCUT2D eigenvalue weighted by Crippen LogP contribution is -2.33. The van der Waals surface area contributed by atoms with Crippen LogP contribution >= 0.6 is 0 Å². The maximum Gasteiger partial charge on any atom is 0.0717 e. The van der Waals surface area contributed by atoms with E-state index < -0.39 is 0 Å². The number of fused-ring (bicyclic) bond motifs is 2. The van der Waals surface area contributed by atoms with Gasteiger partial charge < -0.3 is 9.47 Å². The fourth-order valence-corrected chi connectivity index (χ4v) is 5.21. The molecule has 0 amide bonds. The van der Waals surface area contributed by atoms with Gasteiger partial charge in [0.1, 0.15) is 0 Å². The molecular formula is C25H30O2. The molecule has 2 heteroatoms. The van der Waals surface area contributed by atoms with E-state index in [-0.39, 0.29) is 0 Å². The van der Waals surface area contributed by atoms with Gasteiger partial charge in [0.25, 0.3) is 0 Å². The normalized spacial score (nSPS) is 29.1. The Morgan fingerprint density at radius 1 is 0.778 bits per heavy atom. The zero-order valence-electron chi connectivity index (χ0n) is 16.0. The molecule has 2 aromatic rings. The third-order valence-corrected chi connectivity index (χ3v) is 6.55. The van der Waals surface area contributed by atoms with E-state index >= 15 is 0 Å². The molecule has 0 radical (unpaired) electrons. The van der Waals surface area contributed by atoms with Crippen molar-refractivity contribution in [2.75, 3.05) is 13.2 Å². The molecule has 0 aromatic heterocycles. The van der Waals surface area contributed by atoms with E-state index in [0.29, 0.717) is 36.9 Å². The quantitative estimate of drug-likeness (QED) is 0.549. The summed E-state index contributed by atoms with van der Waals surface area (Å²) in [6.07, 6.45) is 4.77. The predicted octanol–water partition coefficient (Wildman–Crippen LogP) is 5.49. The van der Waals surface area contributed by atoms with Crippen molar-refractivity contribution in [2.24, 2.45) is 29.6 Å². The number of rotatable bonds is 9. The van der Waals surface area contributed by atoms with Gasteiger partial charge in [-0.2, -0.15) is 0 Å². The third kappa shape index (κ3) is 4.34. The summed E-state index contributed by atoms with van der Waals surface area (Å²) < 4.78 is 12.3. The van der Waals surface area contributed by atoms with Crippen molar-refractivity contribution < 1.29 is 9.47 Å². The molecule has 0 unspecified atom stereocenters. The fraction of sp³-hybridized carbons (Fsp3) is 0.440. The van der Waals surface area contributed by atoms with Crippen LogP contribution in [-0.4, -0.2) is 13.2 Å². The van der Waals surface area contributed by atoms with Gasteiger partial charge >= 0.3 is 0 Å². The molecule has 0 saturated heterocycles. The highest BCUT2D eigenvalue weighted by Crippen LogP contribution is 2.55. The average molecular weight is 363 g/mol. The van der Waals surface area contributed by atoms with Crippen molar-refractivity contribution >= 4 is 0 Å². The van der Waals surface area contributed by atoms with Crippen LogP contribution in [0, 0.1) is 29.6 Å². The van der Waals surface area contributed by atoms with E-state index in [2.05, 4.69) is 67.3 Å². The molecule has 2 aliphatic rings. The Bertz CT molecular complexity index is 712. The zero-order valence-corrected chi connectivity index (χ0v) is 16.0. The fourth-order valence-electron chi connectivity index (χ4n) is 5.21. The maximum atomic E-state index is 6.15. The lowest BCUT2D eigenvalue weighted by atomic mass is 9.74. The smallest absolute Gasteiger partial charge is 0.0717 e. The molecule has 2 aliphatic carbocycles. The first-order chi connectivity index (χ1) is 13.3. The molecule has 0 N–H and O–H groups in total. The summed E-state index contributed by atoms with van der Waals surface area (Å²) in [6, 6.07) is 20.9. The molecule has 0 spiro atoms. The Morgan fingerprint density at radius 3 is 1.89 bits per heavy atom. The highest BCUT2D eigenvalue weighted by Gasteiger charge is 2.51. The first-order valence-corrected chi connectivity index (χ1v) is 10.2. The third-order valence-electron chi connectivity index (χ3n) is 6.55. The molecule has 27 heavy (non-hydrogen) atoms. The Hall–Kier alpha value is -1.90. The van der Waals surface area contributed by atoms with E-state index in [1.807, 2.05) is 6.07 Å². The minimum atomic E-state index is 0.589. The first kappa shape index (κ1) is 18.5. The SMILES string of the molecule is C=C[C@@H]1C[C@@H]2C[C@H]1[C@H](COCc1ccccc1)[C@@H]2COCc1ccccc1. The summed E-state index contributed by atoms with van der Waals surface area (Å²) in [5, 5.41) is 0. The standard InChI is InChI=1S/C25H30O2/c1-2-21-13-22-14-23(21)25(18-27-16-20-11-7-4-8-12-20)24(22)17-26-15-19-9-5-3-6-10-19/h2-12,21-25H,1,13-18H2/t21-,22-,23-,24-,25+/m1/s1. The number of hydrogen-bond acceptors (Lipinski definition) is 2. The Kier molecular flexibility index (Phi) is 6.06. The molecule has 4 rings (SSSR count). The van der Waals surface area contributed by atoms with Crippen molar-refractivity contribution in [3.05, 3.63) is 84.4 Å². The summed E-state index contributed by atoms with van der Waals surface area (Å²) in [5.41, 5.74) is 2.50. The minimum absolute atomic E-state index is 0.589. The van der Waals surface area contributed by atoms with Gasteiger partial charge in [0.05, 0.1) is 26.4 Å². The Morgan fingerprint density at radius 2 is 1.33 bits per heavy atom. The second kappa shape index (κ2) is 8.86. The molecular weight excluding hydrogens is 332 g/mol. The summed E-state index contributed by atoms with van der Waals surface area (Å²) in [6.45, 7) is 7.16. The van der Waals surface area contributed by atoms with Gasteiger partial charge in [0.15, 0.2) is 0 Å². The van der Waals surface area contributed by atoms with Crippen molar-refractivity contribution in [2.45, 2.75) is 26.1 Å². The van der Waals surface area contributed by atoms with E-state index in [0.717, 1.165) is 19.1 Å². The second-order valence-corrected chi connectivity index (χ2v) is 8.12. The molecule has 2 fully saturated rings. The number of hydrogen-bond donors (Lipinski definition) is 0. The molecule has 142 valence electrons.